The number of aryl methyl sites for hydroxylation is 2. The SMILES string of the molecule is CCN[C@@H](Cc1ccc(C)cc1)C(=O)N(C)CC(=O)N[C@@H](CCc1cc(F)c(C(F)(F)F)c(F)c1)C(=O)N1CCC[C@H]1C(=O)NC1(C(=O)N(C)[C@H](C(=O)N(C)[C@@H](CC(=O)N(C)[C@@H](CC(C)C)C(=O)N[C@H](C(=O)N(C)[C@@H](C)C(=O)N2CC[C@H]2C(=O)O)[C@@H](C)CC)C(=O)N(C)C)C2CCCC2)CCCC1. The summed E-state index contributed by atoms with van der Waals surface area (Å²) in [7, 11) is 9.85. The Kier molecular flexibility index (Phi) is 29.6. The Hall–Kier alpha value is -8.31. The third kappa shape index (κ3) is 20.6. The first-order valence-electron chi connectivity index (χ1n) is 35.9. The molecule has 0 aromatic heterocycles. The van der Waals surface area contributed by atoms with Crippen LogP contribution in [0.25, 0.3) is 0 Å². The lowest BCUT2D eigenvalue weighted by Gasteiger charge is -2.42. The number of nitrogens with zero attached hydrogens (tertiary/aromatic N) is 8. The number of carboxylic acids is 1. The summed E-state index contributed by atoms with van der Waals surface area (Å²) in [5.74, 6) is -13.6. The lowest BCUT2D eigenvalue weighted by atomic mass is 9.90. The third-order valence-corrected chi connectivity index (χ3v) is 21.1. The Labute approximate surface area is 601 Å². The number of likely N-dealkylation sites (N-methyl/N-ethyl adjacent to an activating group) is 7. The molecule has 4 fully saturated rings. The highest BCUT2D eigenvalue weighted by molar-refractivity contribution is 6.00. The lowest BCUT2D eigenvalue weighted by molar-refractivity contribution is -0.161. The van der Waals surface area contributed by atoms with Gasteiger partial charge in [-0.3, -0.25) is 52.7 Å². The summed E-state index contributed by atoms with van der Waals surface area (Å²) < 4.78 is 70.8. The zero-order valence-corrected chi connectivity index (χ0v) is 62.1. The number of likely N-dealkylation sites (tertiary alicyclic amines) is 2. The maximum atomic E-state index is 15.5. The van der Waals surface area contributed by atoms with E-state index in [2.05, 4.69) is 21.3 Å². The number of nitrogens with one attached hydrogen (secondary N) is 4. The zero-order valence-electron chi connectivity index (χ0n) is 62.1. The van der Waals surface area contributed by atoms with Crippen LogP contribution in [-0.4, -0.2) is 251 Å². The fourth-order valence-electron chi connectivity index (χ4n) is 14.6. The first kappa shape index (κ1) is 83.6. The van der Waals surface area contributed by atoms with Crippen LogP contribution in [0.3, 0.4) is 0 Å². The number of hydrogen-bond acceptors (Lipinski definition) is 13. The Morgan fingerprint density at radius 2 is 1.26 bits per heavy atom. The van der Waals surface area contributed by atoms with E-state index in [4.69, 9.17) is 0 Å². The number of hydrogen-bond donors (Lipinski definition) is 5. The van der Waals surface area contributed by atoms with Crippen LogP contribution in [0.4, 0.5) is 22.0 Å². The number of aliphatic carboxylic acids is 1. The van der Waals surface area contributed by atoms with Gasteiger partial charge < -0.3 is 65.6 Å². The molecule has 2 saturated heterocycles. The van der Waals surface area contributed by atoms with Crippen molar-refractivity contribution >= 4 is 70.9 Å². The summed E-state index contributed by atoms with van der Waals surface area (Å²) in [6, 6.07) is -2.35. The number of carbonyl (C=O) groups excluding carboxylic acids is 11. The van der Waals surface area contributed by atoms with E-state index in [-0.39, 0.29) is 69.5 Å². The summed E-state index contributed by atoms with van der Waals surface area (Å²) >= 11 is 0. The van der Waals surface area contributed by atoms with Gasteiger partial charge in [0, 0.05) is 62.4 Å². The lowest BCUT2D eigenvalue weighted by Crippen LogP contribution is -2.65. The molecule has 0 bridgehead atoms. The number of halogens is 5. The van der Waals surface area contributed by atoms with Crippen LogP contribution in [-0.2, 0) is 76.6 Å². The standard InChI is InChI=1S/C73H107F5N12O13/c1-15-44(6)60(68(99)85(11)45(7)64(95)90-35-31-54(90)70(101)102)81-62(93)55(36-42(3)4)86(12)58(92)40-56(67(98)83(8)9)87(13)69(100)61(48-22-17-18-23-48)88(14)71(103)72(32-19-20-33-72)82-63(94)53-24-21-34-89(53)66(97)51(30-29-47-37-49(74)59(50(75)38-47)73(76,77)78)80-57(91)41-84(10)65(96)52(79-16-2)39-46-27-25-43(5)26-28-46/h25-28,37-38,42,44-45,48,51-56,60-61,79H,15-24,29-36,39-41H2,1-14H3,(H,80,91)(H,81,93)(H,82,94)(H,101,102)/t44-,45-,51-,52-,53-,54-,55-,56-,60-,61-/m0/s1. The van der Waals surface area contributed by atoms with Crippen LogP contribution in [0.1, 0.15) is 160 Å². The summed E-state index contributed by atoms with van der Waals surface area (Å²) in [6.07, 6.45) is -2.01. The van der Waals surface area contributed by atoms with E-state index in [1.165, 1.54) is 85.7 Å². The van der Waals surface area contributed by atoms with Crippen molar-refractivity contribution in [1.82, 2.24) is 60.5 Å². The summed E-state index contributed by atoms with van der Waals surface area (Å²) in [5.41, 5.74) is -2.17. The maximum Gasteiger partial charge on any atom is 0.422 e. The molecule has 2 aliphatic carbocycles. The molecule has 2 saturated carbocycles. The van der Waals surface area contributed by atoms with Gasteiger partial charge in [-0.1, -0.05) is 96.6 Å². The number of carbonyl (C=O) groups is 12. The van der Waals surface area contributed by atoms with Gasteiger partial charge in [0.25, 0.3) is 0 Å². The molecule has 2 aliphatic heterocycles. The van der Waals surface area contributed by atoms with Gasteiger partial charge in [0.1, 0.15) is 71.1 Å². The molecular formula is C73H107F5N12O13. The van der Waals surface area contributed by atoms with Gasteiger partial charge in [-0.2, -0.15) is 13.2 Å². The van der Waals surface area contributed by atoms with Crippen LogP contribution in [0.5, 0.6) is 0 Å². The molecule has 11 amide bonds. The molecule has 4 aliphatic rings. The number of benzene rings is 2. The quantitative estimate of drug-likeness (QED) is 0.0584. The highest BCUT2D eigenvalue weighted by atomic mass is 19.4. The van der Waals surface area contributed by atoms with E-state index >= 15 is 9.59 Å². The average Bonchev–Trinajstić information content (AvgIpc) is 1.75. The molecule has 25 nitrogen and oxygen atoms in total. The van der Waals surface area contributed by atoms with Crippen LogP contribution in [0.15, 0.2) is 36.4 Å². The van der Waals surface area contributed by atoms with Crippen LogP contribution >= 0.6 is 0 Å². The number of rotatable bonds is 33. The van der Waals surface area contributed by atoms with Gasteiger partial charge >= 0.3 is 12.1 Å². The highest BCUT2D eigenvalue weighted by Gasteiger charge is 2.52. The molecule has 572 valence electrons. The van der Waals surface area contributed by atoms with Crippen molar-refractivity contribution in [1.29, 1.82) is 0 Å². The minimum absolute atomic E-state index is 0.0446. The molecule has 30 heteroatoms. The second-order valence-corrected chi connectivity index (χ2v) is 29.2. The van der Waals surface area contributed by atoms with E-state index in [1.54, 1.807) is 6.92 Å². The molecular weight excluding hydrogens is 1350 g/mol. The van der Waals surface area contributed by atoms with Gasteiger partial charge in [-0.25, -0.2) is 13.6 Å². The van der Waals surface area contributed by atoms with Crippen molar-refractivity contribution in [2.24, 2.45) is 17.8 Å². The van der Waals surface area contributed by atoms with E-state index < -0.39 is 192 Å². The van der Waals surface area contributed by atoms with E-state index in [9.17, 15) is 75.0 Å². The minimum Gasteiger partial charge on any atom is -0.480 e. The fourth-order valence-corrected chi connectivity index (χ4v) is 14.6. The average molecular weight is 1460 g/mol. The second-order valence-electron chi connectivity index (χ2n) is 29.2. The minimum atomic E-state index is -5.37. The van der Waals surface area contributed by atoms with E-state index in [0.29, 0.717) is 63.6 Å². The number of carboxylic acid groups (broad SMARTS) is 1. The zero-order chi connectivity index (χ0) is 76.9. The molecule has 6 rings (SSSR count). The molecule has 103 heavy (non-hydrogen) atoms. The highest BCUT2D eigenvalue weighted by Crippen LogP contribution is 2.38. The monoisotopic (exact) mass is 1450 g/mol. The number of alkyl halides is 3. The normalized spacial score (nSPS) is 19.0. The summed E-state index contributed by atoms with van der Waals surface area (Å²) in [5, 5.41) is 21.2. The largest absolute Gasteiger partial charge is 0.480 e. The van der Waals surface area contributed by atoms with Crippen molar-refractivity contribution in [2.75, 3.05) is 75.5 Å². The van der Waals surface area contributed by atoms with Gasteiger partial charge in [-0.05, 0) is 132 Å². The predicted molar refractivity (Wildman–Crippen MR) is 371 cm³/mol. The van der Waals surface area contributed by atoms with Crippen LogP contribution < -0.4 is 21.3 Å². The molecule has 5 N–H and O–H groups in total. The summed E-state index contributed by atoms with van der Waals surface area (Å²) in [4.78, 5) is 182. The second kappa shape index (κ2) is 36.4. The van der Waals surface area contributed by atoms with Gasteiger partial charge in [0.05, 0.1) is 19.0 Å². The third-order valence-electron chi connectivity index (χ3n) is 21.1. The van der Waals surface area contributed by atoms with Gasteiger partial charge in [-0.15, -0.1) is 0 Å². The molecule has 0 spiro atoms. The molecule has 2 heterocycles. The molecule has 2 aromatic rings. The van der Waals surface area contributed by atoms with Gasteiger partial charge in [0.2, 0.25) is 65.0 Å². The Morgan fingerprint density at radius 1 is 0.660 bits per heavy atom. The summed E-state index contributed by atoms with van der Waals surface area (Å²) in [6.45, 7) is 12.4. The Balaban J connectivity index is 1.23. The predicted octanol–water partition coefficient (Wildman–Crippen LogP) is 5.07. The van der Waals surface area contributed by atoms with Gasteiger partial charge in [0.15, 0.2) is 0 Å². The molecule has 0 unspecified atom stereocenters. The number of amides is 11. The van der Waals surface area contributed by atoms with Crippen LogP contribution in [0.2, 0.25) is 0 Å². The molecule has 2 aromatic carbocycles. The first-order valence-corrected chi connectivity index (χ1v) is 35.9. The van der Waals surface area contributed by atoms with E-state index in [1.807, 2.05) is 58.9 Å². The van der Waals surface area contributed by atoms with Crippen molar-refractivity contribution in [2.45, 2.75) is 224 Å². The Bertz CT molecular complexity index is 3380. The van der Waals surface area contributed by atoms with Crippen molar-refractivity contribution in [3.05, 3.63) is 70.3 Å². The topological polar surface area (TPSA) is 299 Å². The first-order chi connectivity index (χ1) is 48.3. The van der Waals surface area contributed by atoms with E-state index in [0.717, 1.165) is 20.9 Å². The van der Waals surface area contributed by atoms with Crippen LogP contribution in [0, 0.1) is 36.3 Å². The van der Waals surface area contributed by atoms with Crippen molar-refractivity contribution in [3.8, 4) is 0 Å². The molecule has 0 radical (unpaired) electrons. The maximum absolute atomic E-state index is 15.5. The smallest absolute Gasteiger partial charge is 0.422 e. The van der Waals surface area contributed by atoms with Crippen molar-refractivity contribution in [3.63, 3.8) is 0 Å². The fraction of sp³-hybridized carbons (Fsp3) is 0.671. The van der Waals surface area contributed by atoms with Crippen molar-refractivity contribution < 1.29 is 84.6 Å². The Morgan fingerprint density at radius 3 is 1.80 bits per heavy atom. The molecule has 10 atom stereocenters.